The fourth-order valence-corrected chi connectivity index (χ4v) is 1.49. The Labute approximate surface area is 82.0 Å². The normalized spacial score (nSPS) is 11.3. The predicted molar refractivity (Wildman–Crippen MR) is 58.3 cm³/mol. The smallest absolute Gasteiger partial charge is 0.148 e. The highest BCUT2D eigenvalue weighted by Crippen LogP contribution is 2.18. The molecule has 0 aromatic heterocycles. The van der Waals surface area contributed by atoms with E-state index in [4.69, 9.17) is 5.11 Å². The molecule has 0 aliphatic rings. The Hall–Kier alpha value is -1.22. The first-order valence-electron chi connectivity index (χ1n) is 3.82. The Morgan fingerprint density at radius 3 is 2.46 bits per heavy atom. The van der Waals surface area contributed by atoms with Crippen LogP contribution in [0.15, 0.2) is 47.0 Å². The molecule has 0 atom stereocenters. The number of hydrogen-bond acceptors (Lipinski definition) is 3. The molecule has 1 aromatic carbocycles. The molecular weight excluding hydrogens is 182 g/mol. The van der Waals surface area contributed by atoms with E-state index < -0.39 is 0 Å². The molecule has 0 heterocycles. The molecule has 3 heteroatoms. The Morgan fingerprint density at radius 1 is 1.38 bits per heavy atom. The van der Waals surface area contributed by atoms with Crippen LogP contribution in [0.3, 0.4) is 0 Å². The minimum atomic E-state index is 0.0597. The zero-order valence-corrected chi connectivity index (χ0v) is 8.21. The van der Waals surface area contributed by atoms with Crippen LogP contribution in [-0.2, 0) is 0 Å². The van der Waals surface area contributed by atoms with Crippen LogP contribution in [-0.4, -0.2) is 17.2 Å². The highest BCUT2D eigenvalue weighted by Gasteiger charge is 2.03. The second-order valence-electron chi connectivity index (χ2n) is 2.39. The lowest BCUT2D eigenvalue weighted by Crippen LogP contribution is -1.94. The quantitative estimate of drug-likeness (QED) is 0.445. The summed E-state index contributed by atoms with van der Waals surface area (Å²) in [4.78, 5) is 4.06. The van der Waals surface area contributed by atoms with Crippen molar-refractivity contribution in [3.8, 4) is 0 Å². The molecule has 0 bridgehead atoms. The molecule has 68 valence electrons. The van der Waals surface area contributed by atoms with Crippen molar-refractivity contribution in [3.05, 3.63) is 47.6 Å². The van der Waals surface area contributed by atoms with E-state index in [1.54, 1.807) is 7.05 Å². The molecule has 1 aromatic rings. The lowest BCUT2D eigenvalue weighted by molar-refractivity contribution is 0.460. The number of hydrogen-bond donors (Lipinski definition) is 1. The number of benzene rings is 1. The standard InChI is InChI=1S/C10H11NOS/c1-8(12)13-10(11-2)9-6-4-3-5-7-9/h3-7,12H,1H2,2H3. The third-order valence-corrected chi connectivity index (χ3v) is 2.29. The van der Waals surface area contributed by atoms with E-state index in [0.717, 1.165) is 22.4 Å². The van der Waals surface area contributed by atoms with Crippen molar-refractivity contribution in [2.75, 3.05) is 7.05 Å². The Kier molecular flexibility index (Phi) is 3.58. The van der Waals surface area contributed by atoms with Gasteiger partial charge in [0.25, 0.3) is 0 Å². The van der Waals surface area contributed by atoms with Gasteiger partial charge in [-0.3, -0.25) is 4.99 Å². The number of aliphatic imine (C=N–C) groups is 1. The minimum absolute atomic E-state index is 0.0597. The van der Waals surface area contributed by atoms with Crippen LogP contribution in [0.1, 0.15) is 5.56 Å². The van der Waals surface area contributed by atoms with Crippen molar-refractivity contribution in [3.63, 3.8) is 0 Å². The lowest BCUT2D eigenvalue weighted by Gasteiger charge is -2.02. The summed E-state index contributed by atoms with van der Waals surface area (Å²) in [6.07, 6.45) is 0. The van der Waals surface area contributed by atoms with E-state index in [9.17, 15) is 0 Å². The van der Waals surface area contributed by atoms with Crippen LogP contribution < -0.4 is 0 Å². The number of rotatable bonds is 2. The van der Waals surface area contributed by atoms with Gasteiger partial charge in [-0.1, -0.05) is 30.3 Å². The van der Waals surface area contributed by atoms with Crippen LogP contribution in [0.25, 0.3) is 0 Å². The van der Waals surface area contributed by atoms with Crippen molar-refractivity contribution < 1.29 is 5.11 Å². The van der Waals surface area contributed by atoms with Crippen molar-refractivity contribution in [2.24, 2.45) is 4.99 Å². The molecule has 0 fully saturated rings. The molecule has 0 radical (unpaired) electrons. The molecule has 13 heavy (non-hydrogen) atoms. The van der Waals surface area contributed by atoms with Gasteiger partial charge in [-0.15, -0.1) is 0 Å². The zero-order chi connectivity index (χ0) is 9.68. The van der Waals surface area contributed by atoms with Crippen LogP contribution in [0.4, 0.5) is 0 Å². The summed E-state index contributed by atoms with van der Waals surface area (Å²) in [6.45, 7) is 3.41. The second kappa shape index (κ2) is 4.72. The summed E-state index contributed by atoms with van der Waals surface area (Å²) in [5.41, 5.74) is 0.991. The molecule has 1 N–H and O–H groups in total. The van der Waals surface area contributed by atoms with E-state index in [0.29, 0.717) is 0 Å². The van der Waals surface area contributed by atoms with Gasteiger partial charge in [0, 0.05) is 12.6 Å². The first-order chi connectivity index (χ1) is 6.24. The van der Waals surface area contributed by atoms with Crippen LogP contribution >= 0.6 is 11.8 Å². The summed E-state index contributed by atoms with van der Waals surface area (Å²) in [6, 6.07) is 9.69. The summed E-state index contributed by atoms with van der Waals surface area (Å²) in [5.74, 6) is 0. The Bertz CT molecular complexity index is 319. The third kappa shape index (κ3) is 2.95. The zero-order valence-electron chi connectivity index (χ0n) is 7.40. The summed E-state index contributed by atoms with van der Waals surface area (Å²) in [5, 5.41) is 9.83. The first kappa shape index (κ1) is 9.86. The molecule has 0 saturated carbocycles. The fourth-order valence-electron chi connectivity index (χ4n) is 0.926. The predicted octanol–water partition coefficient (Wildman–Crippen LogP) is 2.83. The number of aliphatic hydroxyl groups excluding tert-OH is 1. The minimum Gasteiger partial charge on any atom is -0.502 e. The Morgan fingerprint density at radius 2 is 2.00 bits per heavy atom. The van der Waals surface area contributed by atoms with E-state index >= 15 is 0 Å². The van der Waals surface area contributed by atoms with Crippen molar-refractivity contribution in [1.29, 1.82) is 0 Å². The van der Waals surface area contributed by atoms with E-state index in [-0.39, 0.29) is 5.09 Å². The highest BCUT2D eigenvalue weighted by molar-refractivity contribution is 8.17. The van der Waals surface area contributed by atoms with Gasteiger partial charge >= 0.3 is 0 Å². The number of thioether (sulfide) groups is 1. The molecule has 0 aliphatic carbocycles. The van der Waals surface area contributed by atoms with Crippen molar-refractivity contribution in [1.82, 2.24) is 0 Å². The maximum atomic E-state index is 9.00. The van der Waals surface area contributed by atoms with E-state index in [2.05, 4.69) is 11.6 Å². The molecule has 0 unspecified atom stereocenters. The van der Waals surface area contributed by atoms with Crippen LogP contribution in [0.5, 0.6) is 0 Å². The van der Waals surface area contributed by atoms with E-state index in [1.165, 1.54) is 0 Å². The average Bonchev–Trinajstić information content (AvgIpc) is 2.15. The molecule has 1 rings (SSSR count). The maximum Gasteiger partial charge on any atom is 0.148 e. The van der Waals surface area contributed by atoms with E-state index in [1.807, 2.05) is 30.3 Å². The van der Waals surface area contributed by atoms with Gasteiger partial charge in [-0.25, -0.2) is 0 Å². The number of aliphatic hydroxyl groups is 1. The SMILES string of the molecule is C=C(O)SC(=NC)c1ccccc1. The van der Waals surface area contributed by atoms with Gasteiger partial charge in [0.05, 0.1) is 0 Å². The largest absolute Gasteiger partial charge is 0.502 e. The maximum absolute atomic E-state index is 9.00. The summed E-state index contributed by atoms with van der Waals surface area (Å²) in [7, 11) is 1.69. The third-order valence-electron chi connectivity index (χ3n) is 1.44. The Balaban J connectivity index is 2.86. The van der Waals surface area contributed by atoms with Crippen molar-refractivity contribution in [2.45, 2.75) is 0 Å². The topological polar surface area (TPSA) is 32.6 Å². The molecular formula is C10H11NOS. The first-order valence-corrected chi connectivity index (χ1v) is 4.63. The molecule has 0 amide bonds. The lowest BCUT2D eigenvalue weighted by atomic mass is 10.2. The van der Waals surface area contributed by atoms with Gasteiger partial charge < -0.3 is 5.11 Å². The summed E-state index contributed by atoms with van der Waals surface area (Å²) >= 11 is 1.16. The van der Waals surface area contributed by atoms with Gasteiger partial charge in [-0.2, -0.15) is 0 Å². The molecule has 0 saturated heterocycles. The van der Waals surface area contributed by atoms with Gasteiger partial charge in [-0.05, 0) is 18.3 Å². The molecule has 0 spiro atoms. The van der Waals surface area contributed by atoms with Gasteiger partial charge in [0.15, 0.2) is 0 Å². The molecule has 2 nitrogen and oxygen atoms in total. The van der Waals surface area contributed by atoms with Crippen molar-refractivity contribution >= 4 is 16.8 Å². The fraction of sp³-hybridized carbons (Fsp3) is 0.100. The second-order valence-corrected chi connectivity index (χ2v) is 3.45. The number of nitrogens with zero attached hydrogens (tertiary/aromatic N) is 1. The monoisotopic (exact) mass is 193 g/mol. The highest BCUT2D eigenvalue weighted by atomic mass is 32.2. The summed E-state index contributed by atoms with van der Waals surface area (Å²) < 4.78 is 0. The average molecular weight is 193 g/mol. The van der Waals surface area contributed by atoms with Gasteiger partial charge in [0.1, 0.15) is 10.1 Å². The van der Waals surface area contributed by atoms with Crippen LogP contribution in [0, 0.1) is 0 Å². The van der Waals surface area contributed by atoms with Gasteiger partial charge in [0.2, 0.25) is 0 Å². The van der Waals surface area contributed by atoms with Crippen LogP contribution in [0.2, 0.25) is 0 Å². The molecule has 0 aliphatic heterocycles.